The summed E-state index contributed by atoms with van der Waals surface area (Å²) in [6, 6.07) is 8.72. The van der Waals surface area contributed by atoms with Gasteiger partial charge in [0.05, 0.1) is 23.9 Å². The SMILES string of the molecule is C#C[C@]1(O)CC[C@H](n2cc3cc(NC(=O)c4cccc(C)[n+]4O)c(OCC)cc3n2)CC1. The van der Waals surface area contributed by atoms with Crippen molar-refractivity contribution in [3.8, 4) is 18.1 Å². The third-order valence-electron chi connectivity index (χ3n) is 5.98. The average molecular weight is 436 g/mol. The number of pyridine rings is 1. The molecule has 1 amide bonds. The fraction of sp³-hybridized carbons (Fsp3) is 0.375. The fourth-order valence-corrected chi connectivity index (χ4v) is 4.09. The van der Waals surface area contributed by atoms with Gasteiger partial charge in [-0.2, -0.15) is 5.10 Å². The van der Waals surface area contributed by atoms with E-state index < -0.39 is 11.5 Å². The molecule has 3 aromatic rings. The molecule has 0 radical (unpaired) electrons. The molecule has 8 nitrogen and oxygen atoms in total. The first-order valence-corrected chi connectivity index (χ1v) is 10.7. The molecule has 1 aliphatic rings. The number of carbonyl (C=O) groups is 1. The van der Waals surface area contributed by atoms with Crippen LogP contribution in [0, 0.1) is 19.3 Å². The second kappa shape index (κ2) is 8.52. The van der Waals surface area contributed by atoms with E-state index >= 15 is 0 Å². The number of terminal acetylenes is 1. The van der Waals surface area contributed by atoms with Gasteiger partial charge in [-0.15, -0.1) is 6.42 Å². The summed E-state index contributed by atoms with van der Waals surface area (Å²) in [5, 5.41) is 28.9. The van der Waals surface area contributed by atoms with Crippen molar-refractivity contribution in [1.29, 1.82) is 0 Å². The number of benzene rings is 1. The molecule has 1 saturated carbocycles. The molecular weight excluding hydrogens is 408 g/mol. The van der Waals surface area contributed by atoms with Gasteiger partial charge in [-0.05, 0) is 44.7 Å². The molecule has 0 bridgehead atoms. The highest BCUT2D eigenvalue weighted by Crippen LogP contribution is 2.36. The van der Waals surface area contributed by atoms with Crippen molar-refractivity contribution in [2.75, 3.05) is 11.9 Å². The van der Waals surface area contributed by atoms with Crippen LogP contribution in [-0.2, 0) is 0 Å². The van der Waals surface area contributed by atoms with E-state index in [1.807, 2.05) is 23.9 Å². The molecular formula is C24H27N4O4+. The molecule has 0 saturated heterocycles. The standard InChI is InChI=1S/C24H26N4O4/c1-4-24(30)11-9-18(10-12-24)27-15-17-13-20(22(32-5-2)14-19(17)26-27)25-23(29)21-8-6-7-16(3)28(21)31/h1,6-8,13-15,18,30H,5,9-12H2,2-3H3,(H-,25,29,31)/p+1/t18-,24-. The third kappa shape index (κ3) is 4.12. The summed E-state index contributed by atoms with van der Waals surface area (Å²) >= 11 is 0. The predicted molar refractivity (Wildman–Crippen MR) is 119 cm³/mol. The third-order valence-corrected chi connectivity index (χ3v) is 5.98. The number of aryl methyl sites for hydroxylation is 1. The predicted octanol–water partition coefficient (Wildman–Crippen LogP) is 3.00. The van der Waals surface area contributed by atoms with Gasteiger partial charge in [-0.3, -0.25) is 14.7 Å². The van der Waals surface area contributed by atoms with Crippen LogP contribution in [0.1, 0.15) is 54.8 Å². The number of amides is 1. The molecule has 3 N–H and O–H groups in total. The lowest BCUT2D eigenvalue weighted by molar-refractivity contribution is -0.909. The zero-order valence-corrected chi connectivity index (χ0v) is 18.2. The summed E-state index contributed by atoms with van der Waals surface area (Å²) in [4.78, 5) is 12.8. The van der Waals surface area contributed by atoms with E-state index in [4.69, 9.17) is 16.3 Å². The molecule has 1 aromatic carbocycles. The Bertz CT molecular complexity index is 1200. The summed E-state index contributed by atoms with van der Waals surface area (Å²) in [5.41, 5.74) is 0.880. The minimum absolute atomic E-state index is 0.117. The second-order valence-corrected chi connectivity index (χ2v) is 8.17. The fourth-order valence-electron chi connectivity index (χ4n) is 4.09. The quantitative estimate of drug-likeness (QED) is 0.325. The number of anilines is 1. The maximum Gasteiger partial charge on any atom is 0.325 e. The summed E-state index contributed by atoms with van der Waals surface area (Å²) in [6.45, 7) is 4.00. The highest BCUT2D eigenvalue weighted by atomic mass is 16.5. The van der Waals surface area contributed by atoms with Crippen molar-refractivity contribution in [3.63, 3.8) is 0 Å². The van der Waals surface area contributed by atoms with Crippen LogP contribution in [0.15, 0.2) is 36.5 Å². The number of hydrogen-bond acceptors (Lipinski definition) is 5. The Balaban J connectivity index is 1.63. The van der Waals surface area contributed by atoms with Crippen molar-refractivity contribution >= 4 is 22.5 Å². The van der Waals surface area contributed by atoms with E-state index in [1.54, 1.807) is 31.2 Å². The van der Waals surface area contributed by atoms with E-state index in [1.165, 1.54) is 0 Å². The highest BCUT2D eigenvalue weighted by Gasteiger charge is 2.32. The van der Waals surface area contributed by atoms with Gasteiger partial charge in [0.15, 0.2) is 0 Å². The van der Waals surface area contributed by atoms with E-state index in [2.05, 4.69) is 11.2 Å². The van der Waals surface area contributed by atoms with Crippen LogP contribution < -0.4 is 14.8 Å². The molecule has 2 heterocycles. The molecule has 4 rings (SSSR count). The number of fused-ring (bicyclic) bond motifs is 1. The summed E-state index contributed by atoms with van der Waals surface area (Å²) in [5.74, 6) is 2.54. The maximum atomic E-state index is 12.8. The van der Waals surface area contributed by atoms with Crippen LogP contribution in [0.4, 0.5) is 5.69 Å². The number of hydrogen-bond donors (Lipinski definition) is 3. The van der Waals surface area contributed by atoms with Gasteiger partial charge < -0.3 is 15.2 Å². The van der Waals surface area contributed by atoms with Gasteiger partial charge in [-0.1, -0.05) is 5.92 Å². The van der Waals surface area contributed by atoms with Gasteiger partial charge in [0.2, 0.25) is 5.69 Å². The first-order valence-electron chi connectivity index (χ1n) is 10.7. The zero-order valence-electron chi connectivity index (χ0n) is 18.2. The molecule has 2 aromatic heterocycles. The first kappa shape index (κ1) is 21.7. The van der Waals surface area contributed by atoms with Crippen LogP contribution in [0.3, 0.4) is 0 Å². The van der Waals surface area contributed by atoms with E-state index in [9.17, 15) is 15.1 Å². The summed E-state index contributed by atoms with van der Waals surface area (Å²) in [6.07, 6.45) is 9.93. The molecule has 0 unspecified atom stereocenters. The van der Waals surface area contributed by atoms with Gasteiger partial charge in [0.25, 0.3) is 0 Å². The smallest absolute Gasteiger partial charge is 0.325 e. The van der Waals surface area contributed by atoms with Crippen LogP contribution in [-0.4, -0.2) is 38.2 Å². The molecule has 8 heteroatoms. The Morgan fingerprint density at radius 2 is 2.16 bits per heavy atom. The molecule has 0 aliphatic heterocycles. The summed E-state index contributed by atoms with van der Waals surface area (Å²) in [7, 11) is 0. The van der Waals surface area contributed by atoms with E-state index in [0.29, 0.717) is 36.6 Å². The largest absolute Gasteiger partial charge is 0.492 e. The van der Waals surface area contributed by atoms with E-state index in [0.717, 1.165) is 28.5 Å². The van der Waals surface area contributed by atoms with E-state index in [-0.39, 0.29) is 11.7 Å². The van der Waals surface area contributed by atoms with Gasteiger partial charge in [-0.25, -0.2) is 0 Å². The minimum Gasteiger partial charge on any atom is -0.492 e. The van der Waals surface area contributed by atoms with Crippen LogP contribution in [0.25, 0.3) is 10.9 Å². The van der Waals surface area contributed by atoms with Crippen LogP contribution in [0.2, 0.25) is 0 Å². The minimum atomic E-state index is -1.03. The molecule has 0 spiro atoms. The van der Waals surface area contributed by atoms with Gasteiger partial charge in [0, 0.05) is 41.4 Å². The number of aliphatic hydroxyl groups is 1. The number of rotatable bonds is 5. The van der Waals surface area contributed by atoms with Crippen molar-refractivity contribution in [1.82, 2.24) is 9.78 Å². The second-order valence-electron chi connectivity index (χ2n) is 8.17. The highest BCUT2D eigenvalue weighted by molar-refractivity contribution is 6.04. The Morgan fingerprint density at radius 1 is 1.41 bits per heavy atom. The van der Waals surface area contributed by atoms with Crippen molar-refractivity contribution in [2.24, 2.45) is 0 Å². The lowest BCUT2D eigenvalue weighted by Crippen LogP contribution is -2.42. The Kier molecular flexibility index (Phi) is 5.76. The van der Waals surface area contributed by atoms with Crippen molar-refractivity contribution in [3.05, 3.63) is 47.9 Å². The number of nitrogens with zero attached hydrogens (tertiary/aromatic N) is 3. The molecule has 32 heavy (non-hydrogen) atoms. The number of carbonyl (C=O) groups excluding carboxylic acids is 1. The molecule has 166 valence electrons. The number of nitrogens with one attached hydrogen (secondary N) is 1. The van der Waals surface area contributed by atoms with Crippen LogP contribution >= 0.6 is 0 Å². The van der Waals surface area contributed by atoms with Crippen LogP contribution in [0.5, 0.6) is 5.75 Å². The Labute approximate surface area is 186 Å². The molecule has 1 fully saturated rings. The van der Waals surface area contributed by atoms with Gasteiger partial charge in [0.1, 0.15) is 11.4 Å². The lowest BCUT2D eigenvalue weighted by atomic mass is 9.83. The van der Waals surface area contributed by atoms with Gasteiger partial charge >= 0.3 is 11.6 Å². The molecule has 0 atom stereocenters. The number of aromatic nitrogens is 3. The Hall–Kier alpha value is -3.57. The van der Waals surface area contributed by atoms with Crippen molar-refractivity contribution < 1.29 is 24.6 Å². The topological polar surface area (TPSA) is 100 Å². The number of ether oxygens (including phenoxy) is 1. The van der Waals surface area contributed by atoms with Crippen molar-refractivity contribution in [2.45, 2.75) is 51.2 Å². The average Bonchev–Trinajstić information content (AvgIpc) is 3.19. The lowest BCUT2D eigenvalue weighted by Gasteiger charge is -2.32. The summed E-state index contributed by atoms with van der Waals surface area (Å²) < 4.78 is 8.50. The zero-order chi connectivity index (χ0) is 22.9. The monoisotopic (exact) mass is 435 g/mol. The maximum absolute atomic E-state index is 12.8. The molecule has 1 aliphatic carbocycles. The Morgan fingerprint density at radius 3 is 2.84 bits per heavy atom. The normalized spacial score (nSPS) is 20.6. The first-order chi connectivity index (χ1) is 15.3.